The monoisotopic (exact) mass is 331 g/mol. The van der Waals surface area contributed by atoms with E-state index in [1.54, 1.807) is 32.9 Å². The topological polar surface area (TPSA) is 122 Å². The van der Waals surface area contributed by atoms with E-state index >= 15 is 0 Å². The van der Waals surface area contributed by atoms with Crippen LogP contribution >= 0.6 is 0 Å². The van der Waals surface area contributed by atoms with Crippen molar-refractivity contribution in [2.24, 2.45) is 0 Å². The van der Waals surface area contributed by atoms with Gasteiger partial charge < -0.3 is 20.3 Å². The van der Waals surface area contributed by atoms with Crippen LogP contribution in [0.2, 0.25) is 0 Å². The summed E-state index contributed by atoms with van der Waals surface area (Å²) in [6.45, 7) is 4.60. The van der Waals surface area contributed by atoms with Gasteiger partial charge in [-0.2, -0.15) is 0 Å². The molecular weight excluding hydrogens is 314 g/mol. The van der Waals surface area contributed by atoms with Crippen LogP contribution in [0.5, 0.6) is 0 Å². The van der Waals surface area contributed by atoms with Crippen LogP contribution < -0.4 is 10.6 Å². The fraction of sp³-hybridized carbons (Fsp3) is 0.250. The maximum atomic E-state index is 12.4. The van der Waals surface area contributed by atoms with E-state index in [1.165, 1.54) is 6.07 Å². The van der Waals surface area contributed by atoms with E-state index < -0.39 is 24.3 Å². The molecule has 2 rings (SSSR count). The second-order valence-electron chi connectivity index (χ2n) is 5.26. The zero-order chi connectivity index (χ0) is 17.9. The van der Waals surface area contributed by atoms with Crippen molar-refractivity contribution in [1.29, 1.82) is 0 Å². The number of benzene rings is 1. The van der Waals surface area contributed by atoms with E-state index in [9.17, 15) is 14.4 Å². The van der Waals surface area contributed by atoms with Crippen molar-refractivity contribution < 1.29 is 24.0 Å². The van der Waals surface area contributed by atoms with E-state index in [-0.39, 0.29) is 5.56 Å². The highest BCUT2D eigenvalue weighted by atomic mass is 16.5. The van der Waals surface area contributed by atoms with Crippen molar-refractivity contribution in [2.75, 3.05) is 11.9 Å². The molecule has 0 fully saturated rings. The molecule has 0 aliphatic carbocycles. The summed E-state index contributed by atoms with van der Waals surface area (Å²) in [5.74, 6) is -1.66. The molecule has 24 heavy (non-hydrogen) atoms. The summed E-state index contributed by atoms with van der Waals surface area (Å²) in [6.07, 6.45) is 0. The highest BCUT2D eigenvalue weighted by molar-refractivity contribution is 6.06. The van der Waals surface area contributed by atoms with Crippen molar-refractivity contribution in [2.45, 2.75) is 20.8 Å². The Balaban J connectivity index is 2.21. The minimum Gasteiger partial charge on any atom is -0.480 e. The molecule has 2 amide bonds. The Hall–Kier alpha value is -3.16. The summed E-state index contributed by atoms with van der Waals surface area (Å²) in [7, 11) is 0. The molecule has 2 aromatic rings. The predicted octanol–water partition coefficient (Wildman–Crippen LogP) is 1.67. The number of nitrogens with one attached hydrogen (secondary N) is 2. The number of carbonyl (C=O) groups excluding carboxylic acids is 2. The number of carboxylic acid groups (broad SMARTS) is 1. The Bertz CT molecular complexity index is 791. The Kier molecular flexibility index (Phi) is 4.98. The fourth-order valence-corrected chi connectivity index (χ4v) is 2.15. The molecule has 0 bridgehead atoms. The Morgan fingerprint density at radius 2 is 1.88 bits per heavy atom. The number of nitrogens with zero attached hydrogens (tertiary/aromatic N) is 1. The highest BCUT2D eigenvalue weighted by Crippen LogP contribution is 2.20. The second-order valence-corrected chi connectivity index (χ2v) is 5.26. The summed E-state index contributed by atoms with van der Waals surface area (Å²) in [6, 6.07) is 4.71. The van der Waals surface area contributed by atoms with Gasteiger partial charge in [-0.3, -0.25) is 14.4 Å². The summed E-state index contributed by atoms with van der Waals surface area (Å²) in [5.41, 5.74) is 2.26. The van der Waals surface area contributed by atoms with Gasteiger partial charge in [-0.1, -0.05) is 11.2 Å². The number of rotatable bonds is 5. The van der Waals surface area contributed by atoms with Crippen molar-refractivity contribution in [3.05, 3.63) is 46.3 Å². The number of aryl methyl sites for hydroxylation is 3. The standard InChI is InChI=1S/C16H17N3O5/c1-8-4-5-11(15(22)17-7-13(20)21)6-12(8)18-16(23)14-9(2)19-24-10(14)3/h4-6H,7H2,1-3H3,(H,17,22)(H,18,23)(H,20,21). The molecule has 1 aromatic carbocycles. The van der Waals surface area contributed by atoms with Crippen molar-refractivity contribution in [1.82, 2.24) is 10.5 Å². The van der Waals surface area contributed by atoms with Gasteiger partial charge in [0.25, 0.3) is 11.8 Å². The molecule has 0 saturated carbocycles. The van der Waals surface area contributed by atoms with Crippen molar-refractivity contribution in [3.63, 3.8) is 0 Å². The third kappa shape index (κ3) is 3.78. The summed E-state index contributed by atoms with van der Waals surface area (Å²) < 4.78 is 4.97. The maximum Gasteiger partial charge on any atom is 0.322 e. The lowest BCUT2D eigenvalue weighted by molar-refractivity contribution is -0.135. The molecule has 126 valence electrons. The zero-order valence-electron chi connectivity index (χ0n) is 13.5. The minimum absolute atomic E-state index is 0.246. The van der Waals surface area contributed by atoms with Crippen LogP contribution in [0.1, 0.15) is 37.7 Å². The maximum absolute atomic E-state index is 12.4. The van der Waals surface area contributed by atoms with E-state index in [0.29, 0.717) is 22.7 Å². The molecule has 0 atom stereocenters. The smallest absolute Gasteiger partial charge is 0.322 e. The number of carbonyl (C=O) groups is 3. The van der Waals surface area contributed by atoms with Crippen molar-refractivity contribution >= 4 is 23.5 Å². The van der Waals surface area contributed by atoms with E-state index in [0.717, 1.165) is 5.56 Å². The second kappa shape index (κ2) is 6.95. The van der Waals surface area contributed by atoms with Crippen LogP contribution in [-0.4, -0.2) is 34.6 Å². The Morgan fingerprint density at radius 1 is 1.17 bits per heavy atom. The van der Waals surface area contributed by atoms with E-state index in [1.807, 2.05) is 0 Å². The summed E-state index contributed by atoms with van der Waals surface area (Å²) in [5, 5.41) is 17.3. The molecule has 1 aromatic heterocycles. The van der Waals surface area contributed by atoms with E-state index in [4.69, 9.17) is 9.63 Å². The van der Waals surface area contributed by atoms with Gasteiger partial charge in [-0.05, 0) is 38.5 Å². The zero-order valence-corrected chi connectivity index (χ0v) is 13.5. The van der Waals surface area contributed by atoms with Gasteiger partial charge in [0.1, 0.15) is 17.9 Å². The lowest BCUT2D eigenvalue weighted by Crippen LogP contribution is -2.29. The average Bonchev–Trinajstić information content (AvgIpc) is 2.86. The number of hydrogen-bond donors (Lipinski definition) is 3. The molecule has 8 heteroatoms. The minimum atomic E-state index is -1.14. The molecule has 0 aliphatic rings. The number of carboxylic acids is 1. The first kappa shape index (κ1) is 17.2. The molecule has 0 spiro atoms. The average molecular weight is 331 g/mol. The molecule has 0 unspecified atom stereocenters. The summed E-state index contributed by atoms with van der Waals surface area (Å²) >= 11 is 0. The highest BCUT2D eigenvalue weighted by Gasteiger charge is 2.19. The number of aromatic nitrogens is 1. The summed E-state index contributed by atoms with van der Waals surface area (Å²) in [4.78, 5) is 34.8. The van der Waals surface area contributed by atoms with Crippen LogP contribution in [0.15, 0.2) is 22.7 Å². The van der Waals surface area contributed by atoms with Gasteiger partial charge in [0, 0.05) is 11.3 Å². The van der Waals surface area contributed by atoms with Crippen LogP contribution in [-0.2, 0) is 4.79 Å². The molecule has 8 nitrogen and oxygen atoms in total. The molecule has 0 radical (unpaired) electrons. The van der Waals surface area contributed by atoms with Gasteiger partial charge in [-0.15, -0.1) is 0 Å². The molecular formula is C16H17N3O5. The van der Waals surface area contributed by atoms with Crippen LogP contribution in [0.25, 0.3) is 0 Å². The van der Waals surface area contributed by atoms with Crippen LogP contribution in [0.4, 0.5) is 5.69 Å². The lowest BCUT2D eigenvalue weighted by atomic mass is 10.1. The number of hydrogen-bond acceptors (Lipinski definition) is 5. The van der Waals surface area contributed by atoms with Crippen LogP contribution in [0, 0.1) is 20.8 Å². The van der Waals surface area contributed by atoms with Gasteiger partial charge in [0.2, 0.25) is 0 Å². The Labute approximate surface area is 137 Å². The van der Waals surface area contributed by atoms with E-state index in [2.05, 4.69) is 15.8 Å². The van der Waals surface area contributed by atoms with Crippen LogP contribution in [0.3, 0.4) is 0 Å². The van der Waals surface area contributed by atoms with Gasteiger partial charge in [0.05, 0.1) is 5.69 Å². The molecule has 3 N–H and O–H groups in total. The first-order chi connectivity index (χ1) is 11.3. The SMILES string of the molecule is Cc1ccc(C(=O)NCC(=O)O)cc1NC(=O)c1c(C)noc1C. The first-order valence-corrected chi connectivity index (χ1v) is 7.14. The number of amides is 2. The largest absolute Gasteiger partial charge is 0.480 e. The lowest BCUT2D eigenvalue weighted by Gasteiger charge is -2.10. The number of aliphatic carboxylic acids is 1. The van der Waals surface area contributed by atoms with Crippen molar-refractivity contribution in [3.8, 4) is 0 Å². The molecule has 0 saturated heterocycles. The molecule has 0 aliphatic heterocycles. The fourth-order valence-electron chi connectivity index (χ4n) is 2.15. The molecule has 1 heterocycles. The quantitative estimate of drug-likeness (QED) is 0.766. The Morgan fingerprint density at radius 3 is 2.46 bits per heavy atom. The first-order valence-electron chi connectivity index (χ1n) is 7.14. The van der Waals surface area contributed by atoms with Gasteiger partial charge in [-0.25, -0.2) is 0 Å². The number of anilines is 1. The van der Waals surface area contributed by atoms with Gasteiger partial charge >= 0.3 is 5.97 Å². The third-order valence-corrected chi connectivity index (χ3v) is 3.41. The normalized spacial score (nSPS) is 10.3. The predicted molar refractivity (Wildman–Crippen MR) is 85.1 cm³/mol. The third-order valence-electron chi connectivity index (χ3n) is 3.41. The van der Waals surface area contributed by atoms with Gasteiger partial charge in [0.15, 0.2) is 0 Å².